The SMILES string of the molecule is COc1cc(NC(=O)[C@H]2CC[C@@H](n3c(=O)[nH]c4c(C(=O)N5CCCC5C(N)=O)cccc43)CC2)ccc1C. The molecule has 1 unspecified atom stereocenters. The summed E-state index contributed by atoms with van der Waals surface area (Å²) < 4.78 is 7.06. The van der Waals surface area contributed by atoms with Crippen molar-refractivity contribution in [3.63, 3.8) is 0 Å². The molecule has 1 atom stereocenters. The number of amides is 3. The smallest absolute Gasteiger partial charge is 0.326 e. The lowest BCUT2D eigenvalue weighted by Gasteiger charge is -2.28. The zero-order valence-corrected chi connectivity index (χ0v) is 21.7. The van der Waals surface area contributed by atoms with Crippen LogP contribution in [0.2, 0.25) is 0 Å². The lowest BCUT2D eigenvalue weighted by molar-refractivity contribution is -0.122. The molecule has 3 amide bonds. The van der Waals surface area contributed by atoms with Crippen LogP contribution in [0.3, 0.4) is 0 Å². The molecule has 2 aliphatic rings. The predicted octanol–water partition coefficient (Wildman–Crippen LogP) is 3.11. The van der Waals surface area contributed by atoms with E-state index in [1.165, 1.54) is 4.90 Å². The van der Waals surface area contributed by atoms with Gasteiger partial charge in [0.15, 0.2) is 0 Å². The number of aryl methyl sites for hydroxylation is 1. The van der Waals surface area contributed by atoms with Gasteiger partial charge < -0.3 is 25.7 Å². The first-order valence-corrected chi connectivity index (χ1v) is 13.1. The summed E-state index contributed by atoms with van der Waals surface area (Å²) in [6.45, 7) is 2.40. The number of rotatable bonds is 6. The number of ether oxygens (including phenoxy) is 1. The van der Waals surface area contributed by atoms with Gasteiger partial charge in [-0.25, -0.2) is 4.79 Å². The largest absolute Gasteiger partial charge is 0.496 e. The monoisotopic (exact) mass is 519 g/mol. The third-order valence-electron chi connectivity index (χ3n) is 7.93. The molecular formula is C28H33N5O5. The number of fused-ring (bicyclic) bond motifs is 1. The minimum absolute atomic E-state index is 0.0388. The number of hydrogen-bond acceptors (Lipinski definition) is 5. The normalized spacial score (nSPS) is 21.4. The first-order chi connectivity index (χ1) is 18.3. The molecule has 2 heterocycles. The molecule has 0 bridgehead atoms. The van der Waals surface area contributed by atoms with Gasteiger partial charge >= 0.3 is 5.69 Å². The minimum atomic E-state index is -0.631. The Morgan fingerprint density at radius 2 is 1.84 bits per heavy atom. The minimum Gasteiger partial charge on any atom is -0.496 e. The van der Waals surface area contributed by atoms with Crippen molar-refractivity contribution in [2.45, 2.75) is 57.5 Å². The van der Waals surface area contributed by atoms with E-state index >= 15 is 0 Å². The summed E-state index contributed by atoms with van der Waals surface area (Å²) in [5.41, 5.74) is 8.38. The molecule has 5 rings (SSSR count). The fraction of sp³-hybridized carbons (Fsp3) is 0.429. The Kier molecular flexibility index (Phi) is 6.96. The Morgan fingerprint density at radius 3 is 2.55 bits per heavy atom. The zero-order valence-electron chi connectivity index (χ0n) is 21.7. The molecule has 2 aromatic carbocycles. The number of para-hydroxylation sites is 1. The predicted molar refractivity (Wildman–Crippen MR) is 143 cm³/mol. The fourth-order valence-electron chi connectivity index (χ4n) is 5.89. The standard InChI is InChI=1S/C28H33N5O5/c1-16-8-11-18(15-23(16)38-2)30-26(35)17-9-12-19(13-10-17)33-21-6-3-5-20(24(21)31-28(33)37)27(36)32-14-4-7-22(32)25(29)34/h3,5-6,8,11,15,17,19,22H,4,7,9-10,12-14H2,1-2H3,(H2,29,34)(H,30,35)(H,31,37)/t17-,19+,22?. The molecule has 10 heteroatoms. The topological polar surface area (TPSA) is 140 Å². The van der Waals surface area contributed by atoms with Gasteiger partial charge in [-0.2, -0.15) is 0 Å². The molecule has 10 nitrogen and oxygen atoms in total. The summed E-state index contributed by atoms with van der Waals surface area (Å²) in [6.07, 6.45) is 3.87. The molecule has 1 saturated heterocycles. The molecular weight excluding hydrogens is 486 g/mol. The second kappa shape index (κ2) is 10.4. The van der Waals surface area contributed by atoms with Crippen LogP contribution in [0.25, 0.3) is 11.0 Å². The van der Waals surface area contributed by atoms with Crippen molar-refractivity contribution in [1.29, 1.82) is 0 Å². The number of aromatic nitrogens is 2. The maximum Gasteiger partial charge on any atom is 0.326 e. The lowest BCUT2D eigenvalue weighted by Crippen LogP contribution is -2.43. The van der Waals surface area contributed by atoms with Gasteiger partial charge in [-0.15, -0.1) is 0 Å². The number of anilines is 1. The molecule has 38 heavy (non-hydrogen) atoms. The van der Waals surface area contributed by atoms with E-state index in [9.17, 15) is 19.2 Å². The molecule has 0 spiro atoms. The number of benzene rings is 2. The second-order valence-corrected chi connectivity index (χ2v) is 10.2. The molecule has 4 N–H and O–H groups in total. The van der Waals surface area contributed by atoms with Crippen LogP contribution < -0.4 is 21.5 Å². The highest BCUT2D eigenvalue weighted by atomic mass is 16.5. The third kappa shape index (κ3) is 4.66. The third-order valence-corrected chi connectivity index (χ3v) is 7.93. The van der Waals surface area contributed by atoms with Crippen molar-refractivity contribution in [2.75, 3.05) is 19.0 Å². The highest BCUT2D eigenvalue weighted by molar-refractivity contribution is 6.06. The van der Waals surface area contributed by atoms with Crippen LogP contribution >= 0.6 is 0 Å². The molecule has 200 valence electrons. The maximum atomic E-state index is 13.3. The number of hydrogen-bond donors (Lipinski definition) is 3. The maximum absolute atomic E-state index is 13.3. The van der Waals surface area contributed by atoms with Crippen molar-refractivity contribution in [3.8, 4) is 5.75 Å². The number of imidazole rings is 1. The van der Waals surface area contributed by atoms with E-state index in [2.05, 4.69) is 10.3 Å². The van der Waals surface area contributed by atoms with Crippen LogP contribution in [0.4, 0.5) is 5.69 Å². The molecule has 1 aromatic heterocycles. The van der Waals surface area contributed by atoms with Crippen molar-refractivity contribution >= 4 is 34.4 Å². The van der Waals surface area contributed by atoms with Crippen LogP contribution in [0.5, 0.6) is 5.75 Å². The number of likely N-dealkylation sites (tertiary alicyclic amines) is 1. The number of nitrogens with one attached hydrogen (secondary N) is 2. The fourth-order valence-corrected chi connectivity index (χ4v) is 5.89. The molecule has 1 aliphatic heterocycles. The molecule has 3 aromatic rings. The summed E-state index contributed by atoms with van der Waals surface area (Å²) in [4.78, 5) is 55.5. The Labute approximate surface area is 220 Å². The molecule has 1 saturated carbocycles. The van der Waals surface area contributed by atoms with E-state index in [-0.39, 0.29) is 29.5 Å². The van der Waals surface area contributed by atoms with Gasteiger partial charge in [0.2, 0.25) is 11.8 Å². The van der Waals surface area contributed by atoms with Crippen LogP contribution in [-0.2, 0) is 9.59 Å². The summed E-state index contributed by atoms with van der Waals surface area (Å²) in [5.74, 6) is -0.298. The number of nitrogens with zero attached hydrogens (tertiary/aromatic N) is 2. The van der Waals surface area contributed by atoms with E-state index in [1.54, 1.807) is 23.8 Å². The first kappa shape index (κ1) is 25.6. The average molecular weight is 520 g/mol. The Balaban J connectivity index is 1.31. The van der Waals surface area contributed by atoms with E-state index in [1.807, 2.05) is 31.2 Å². The van der Waals surface area contributed by atoms with Crippen molar-refractivity contribution in [2.24, 2.45) is 11.7 Å². The first-order valence-electron chi connectivity index (χ1n) is 13.1. The van der Waals surface area contributed by atoms with Gasteiger partial charge in [0.25, 0.3) is 5.91 Å². The van der Waals surface area contributed by atoms with Crippen LogP contribution in [0.1, 0.15) is 60.5 Å². The van der Waals surface area contributed by atoms with Crippen molar-refractivity contribution in [3.05, 3.63) is 58.0 Å². The van der Waals surface area contributed by atoms with E-state index in [4.69, 9.17) is 10.5 Å². The number of methoxy groups -OCH3 is 1. The Hall–Kier alpha value is -4.08. The highest BCUT2D eigenvalue weighted by Crippen LogP contribution is 2.35. The number of primary amides is 1. The number of aromatic amines is 1. The van der Waals surface area contributed by atoms with Gasteiger partial charge in [-0.05, 0) is 69.2 Å². The summed E-state index contributed by atoms with van der Waals surface area (Å²) in [7, 11) is 1.60. The number of carbonyl (C=O) groups is 3. The molecule has 1 aliphatic carbocycles. The van der Waals surface area contributed by atoms with E-state index in [0.717, 1.165) is 11.3 Å². The Morgan fingerprint density at radius 1 is 1.08 bits per heavy atom. The van der Waals surface area contributed by atoms with Crippen LogP contribution in [0, 0.1) is 12.8 Å². The lowest BCUT2D eigenvalue weighted by atomic mass is 9.85. The second-order valence-electron chi connectivity index (χ2n) is 10.2. The van der Waals surface area contributed by atoms with Gasteiger partial charge in [0.05, 0.1) is 23.7 Å². The van der Waals surface area contributed by atoms with Crippen LogP contribution in [0.15, 0.2) is 41.2 Å². The van der Waals surface area contributed by atoms with Gasteiger partial charge in [0.1, 0.15) is 11.8 Å². The van der Waals surface area contributed by atoms with Gasteiger partial charge in [0, 0.05) is 30.3 Å². The quantitative estimate of drug-likeness (QED) is 0.459. The molecule has 0 radical (unpaired) electrons. The molecule has 2 fully saturated rings. The number of carbonyl (C=O) groups excluding carboxylic acids is 3. The Bertz CT molecular complexity index is 1450. The van der Waals surface area contributed by atoms with Crippen LogP contribution in [-0.4, -0.2) is 51.9 Å². The van der Waals surface area contributed by atoms with Gasteiger partial charge in [-0.1, -0.05) is 12.1 Å². The van der Waals surface area contributed by atoms with E-state index in [0.29, 0.717) is 67.4 Å². The van der Waals surface area contributed by atoms with Crippen molar-refractivity contribution in [1.82, 2.24) is 14.5 Å². The summed E-state index contributed by atoms with van der Waals surface area (Å²) in [6, 6.07) is 10.1. The summed E-state index contributed by atoms with van der Waals surface area (Å²) in [5, 5.41) is 2.99. The number of nitrogens with two attached hydrogens (primary N) is 1. The van der Waals surface area contributed by atoms with Gasteiger partial charge in [-0.3, -0.25) is 19.0 Å². The average Bonchev–Trinajstić information content (AvgIpc) is 3.54. The van der Waals surface area contributed by atoms with E-state index < -0.39 is 11.9 Å². The van der Waals surface area contributed by atoms with Crippen molar-refractivity contribution < 1.29 is 19.1 Å². The summed E-state index contributed by atoms with van der Waals surface area (Å²) >= 11 is 0. The highest BCUT2D eigenvalue weighted by Gasteiger charge is 2.35. The number of H-pyrrole nitrogens is 1. The zero-order chi connectivity index (χ0) is 27.0.